The van der Waals surface area contributed by atoms with Crippen LogP contribution in [0.4, 0.5) is 0 Å². The molecule has 248 valence electrons. The van der Waals surface area contributed by atoms with Crippen LogP contribution < -0.4 is 0 Å². The summed E-state index contributed by atoms with van der Waals surface area (Å²) in [4.78, 5) is 0. The summed E-state index contributed by atoms with van der Waals surface area (Å²) in [7, 11) is 0. The molecule has 0 saturated heterocycles. The van der Waals surface area contributed by atoms with Gasteiger partial charge in [0.1, 0.15) is 22.3 Å². The van der Waals surface area contributed by atoms with Crippen molar-refractivity contribution in [3.63, 3.8) is 0 Å². The molecule has 11 aromatic rings. The van der Waals surface area contributed by atoms with E-state index in [0.29, 0.717) is 0 Å². The summed E-state index contributed by atoms with van der Waals surface area (Å²) >= 11 is 0. The molecule has 53 heavy (non-hydrogen) atoms. The van der Waals surface area contributed by atoms with Crippen LogP contribution >= 0.6 is 0 Å². The second kappa shape index (κ2) is 10.2. The monoisotopic (exact) mass is 676 g/mol. The van der Waals surface area contributed by atoms with Crippen molar-refractivity contribution in [2.24, 2.45) is 0 Å². The third kappa shape index (κ3) is 3.77. The molecule has 0 radical (unpaired) electrons. The van der Waals surface area contributed by atoms with Crippen molar-refractivity contribution in [2.75, 3.05) is 0 Å². The molecule has 2 nitrogen and oxygen atoms in total. The van der Waals surface area contributed by atoms with Gasteiger partial charge < -0.3 is 8.83 Å². The molecule has 12 rings (SSSR count). The van der Waals surface area contributed by atoms with E-state index in [9.17, 15) is 0 Å². The van der Waals surface area contributed by atoms with Crippen molar-refractivity contribution in [3.8, 4) is 33.4 Å². The lowest BCUT2D eigenvalue weighted by atomic mass is 9.80. The fraction of sp³-hybridized carbons (Fsp3) is 0.0588. The lowest BCUT2D eigenvalue weighted by Gasteiger charge is -2.23. The first-order valence-electron chi connectivity index (χ1n) is 18.4. The van der Waals surface area contributed by atoms with Crippen LogP contribution in [0.15, 0.2) is 167 Å². The maximum Gasteiger partial charge on any atom is 0.143 e. The van der Waals surface area contributed by atoms with Crippen LogP contribution in [0.1, 0.15) is 25.0 Å². The van der Waals surface area contributed by atoms with E-state index in [1.165, 1.54) is 82.2 Å². The summed E-state index contributed by atoms with van der Waals surface area (Å²) in [6.45, 7) is 4.72. The van der Waals surface area contributed by atoms with Gasteiger partial charge >= 0.3 is 0 Å². The molecule has 0 unspecified atom stereocenters. The Morgan fingerprint density at radius 2 is 1.00 bits per heavy atom. The maximum atomic E-state index is 6.89. The van der Waals surface area contributed by atoms with Crippen LogP contribution in [0.2, 0.25) is 0 Å². The number of para-hydroxylation sites is 1. The van der Waals surface area contributed by atoms with E-state index in [4.69, 9.17) is 8.83 Å². The minimum absolute atomic E-state index is 0.209. The Bertz CT molecular complexity index is 3310. The predicted octanol–water partition coefficient (Wildman–Crippen LogP) is 14.6. The number of benzene rings is 9. The average molecular weight is 677 g/mol. The highest BCUT2D eigenvalue weighted by atomic mass is 16.3. The smallest absolute Gasteiger partial charge is 0.143 e. The third-order valence-corrected chi connectivity index (χ3v) is 12.1. The van der Waals surface area contributed by atoms with Gasteiger partial charge in [0.2, 0.25) is 0 Å². The van der Waals surface area contributed by atoms with Crippen molar-refractivity contribution in [2.45, 2.75) is 19.3 Å². The molecule has 0 N–H and O–H groups in total. The van der Waals surface area contributed by atoms with Gasteiger partial charge in [-0.1, -0.05) is 147 Å². The molecular weight excluding hydrogens is 645 g/mol. The van der Waals surface area contributed by atoms with Gasteiger partial charge in [0.15, 0.2) is 0 Å². The highest BCUT2D eigenvalue weighted by Gasteiger charge is 2.38. The summed E-state index contributed by atoms with van der Waals surface area (Å²) in [5.41, 5.74) is 13.6. The van der Waals surface area contributed by atoms with Gasteiger partial charge in [-0.25, -0.2) is 0 Å². The summed E-state index contributed by atoms with van der Waals surface area (Å²) in [5, 5.41) is 11.9. The third-order valence-electron chi connectivity index (χ3n) is 12.1. The molecule has 2 aromatic heterocycles. The van der Waals surface area contributed by atoms with Crippen molar-refractivity contribution < 1.29 is 8.83 Å². The average Bonchev–Trinajstić information content (AvgIpc) is 3.85. The van der Waals surface area contributed by atoms with Crippen LogP contribution in [0.3, 0.4) is 0 Å². The first-order chi connectivity index (χ1) is 26.1. The second-order valence-corrected chi connectivity index (χ2v) is 15.1. The van der Waals surface area contributed by atoms with Gasteiger partial charge in [-0.05, 0) is 90.1 Å². The van der Waals surface area contributed by atoms with Crippen LogP contribution in [0.5, 0.6) is 0 Å². The molecule has 0 spiro atoms. The Balaban J connectivity index is 1.12. The maximum absolute atomic E-state index is 6.89. The highest BCUT2D eigenvalue weighted by Crippen LogP contribution is 2.55. The highest BCUT2D eigenvalue weighted by molar-refractivity contribution is 6.26. The Morgan fingerprint density at radius 3 is 1.77 bits per heavy atom. The zero-order valence-electron chi connectivity index (χ0n) is 29.3. The van der Waals surface area contributed by atoms with Gasteiger partial charge in [-0.15, -0.1) is 0 Å². The zero-order chi connectivity index (χ0) is 35.0. The Morgan fingerprint density at radius 1 is 0.377 bits per heavy atom. The number of furan rings is 2. The first kappa shape index (κ1) is 29.0. The number of hydrogen-bond acceptors (Lipinski definition) is 2. The van der Waals surface area contributed by atoms with E-state index < -0.39 is 0 Å². The minimum atomic E-state index is -0.209. The van der Waals surface area contributed by atoms with Crippen molar-refractivity contribution in [1.29, 1.82) is 0 Å². The van der Waals surface area contributed by atoms with Crippen molar-refractivity contribution in [3.05, 3.63) is 169 Å². The molecule has 1 aliphatic rings. The van der Waals surface area contributed by atoms with E-state index >= 15 is 0 Å². The Kier molecular flexibility index (Phi) is 5.60. The molecule has 9 aromatic carbocycles. The van der Waals surface area contributed by atoms with Gasteiger partial charge in [-0.3, -0.25) is 0 Å². The quantitative estimate of drug-likeness (QED) is 0.170. The van der Waals surface area contributed by atoms with E-state index in [0.717, 1.165) is 38.5 Å². The lowest BCUT2D eigenvalue weighted by molar-refractivity contribution is 0.654. The van der Waals surface area contributed by atoms with Crippen molar-refractivity contribution in [1.82, 2.24) is 0 Å². The standard InChI is InChI=1S/C51H32O2/c1-51(2)41-27-26-37-36-24-22-29-12-3-4-13-31(29)49(36)53-50(37)48(41)38-25-23-30(28-42(38)51)45-32-14-5-7-16-34(32)46(35-17-8-6-15-33(35)45)40-19-11-21-44-47(40)39-18-9-10-20-43(39)52-44/h3-28H,1-2H3. The Hall–Kier alpha value is -6.64. The van der Waals surface area contributed by atoms with Gasteiger partial charge in [0.25, 0.3) is 0 Å². The van der Waals surface area contributed by atoms with E-state index in [-0.39, 0.29) is 5.41 Å². The molecule has 1 aliphatic carbocycles. The summed E-state index contributed by atoms with van der Waals surface area (Å²) in [5.74, 6) is 0. The predicted molar refractivity (Wildman–Crippen MR) is 222 cm³/mol. The summed E-state index contributed by atoms with van der Waals surface area (Å²) in [6, 6.07) is 57.4. The first-order valence-corrected chi connectivity index (χ1v) is 18.4. The van der Waals surface area contributed by atoms with Crippen LogP contribution in [0, 0.1) is 0 Å². The molecule has 2 heteroatoms. The van der Waals surface area contributed by atoms with Gasteiger partial charge in [-0.2, -0.15) is 0 Å². The second-order valence-electron chi connectivity index (χ2n) is 15.1. The molecule has 0 bridgehead atoms. The van der Waals surface area contributed by atoms with E-state index in [2.05, 4.69) is 166 Å². The van der Waals surface area contributed by atoms with E-state index in [1.807, 2.05) is 6.07 Å². The van der Waals surface area contributed by atoms with Crippen LogP contribution in [-0.4, -0.2) is 0 Å². The van der Waals surface area contributed by atoms with E-state index in [1.54, 1.807) is 0 Å². The minimum Gasteiger partial charge on any atom is -0.456 e. The summed E-state index contributed by atoms with van der Waals surface area (Å²) in [6.07, 6.45) is 0. The fourth-order valence-corrected chi connectivity index (χ4v) is 9.65. The van der Waals surface area contributed by atoms with Gasteiger partial charge in [0.05, 0.1) is 0 Å². The molecular formula is C51H32O2. The normalized spacial score (nSPS) is 13.6. The topological polar surface area (TPSA) is 26.3 Å². The Labute approximate surface area is 305 Å². The largest absolute Gasteiger partial charge is 0.456 e. The lowest BCUT2D eigenvalue weighted by Crippen LogP contribution is -2.15. The number of fused-ring (bicyclic) bond motifs is 14. The van der Waals surface area contributed by atoms with Crippen molar-refractivity contribution >= 4 is 76.2 Å². The fourth-order valence-electron chi connectivity index (χ4n) is 9.65. The molecule has 0 amide bonds. The van der Waals surface area contributed by atoms with Crippen LogP contribution in [0.25, 0.3) is 110 Å². The molecule has 0 aliphatic heterocycles. The SMILES string of the molecule is CC1(C)c2cc(-c3c4ccccc4c(-c4cccc5oc6ccccc6c45)c4ccccc34)ccc2-c2c1ccc1c2oc2c3ccccc3ccc12. The molecule has 0 saturated carbocycles. The summed E-state index contributed by atoms with van der Waals surface area (Å²) < 4.78 is 13.3. The van der Waals surface area contributed by atoms with Gasteiger partial charge in [0, 0.05) is 37.9 Å². The number of rotatable bonds is 2. The zero-order valence-corrected chi connectivity index (χ0v) is 29.3. The van der Waals surface area contributed by atoms with Crippen LogP contribution in [-0.2, 0) is 5.41 Å². The number of hydrogen-bond donors (Lipinski definition) is 0. The molecule has 2 heterocycles. The molecule has 0 fully saturated rings. The molecule has 0 atom stereocenters.